The van der Waals surface area contributed by atoms with Crippen molar-refractivity contribution in [3.05, 3.63) is 47.2 Å². The quantitative estimate of drug-likeness (QED) is 0.110. The van der Waals surface area contributed by atoms with E-state index >= 15 is 0 Å². The normalized spacial score (nSPS) is 23.1. The summed E-state index contributed by atoms with van der Waals surface area (Å²) in [7, 11) is 1.64. The summed E-state index contributed by atoms with van der Waals surface area (Å²) >= 11 is 2.47. The molecule has 0 spiro atoms. The number of nitrogens with one attached hydrogen (secondary N) is 2. The number of epoxide rings is 1. The molecule has 2 saturated heterocycles. The minimum Gasteiger partial charge on any atom is -0.547 e. The van der Waals surface area contributed by atoms with E-state index in [1.54, 1.807) is 37.4 Å². The van der Waals surface area contributed by atoms with Gasteiger partial charge in [-0.05, 0) is 21.6 Å². The minimum absolute atomic E-state index is 0. The Morgan fingerprint density at radius 3 is 2.46 bits per heavy atom. The Bertz CT molecular complexity index is 1390. The summed E-state index contributed by atoms with van der Waals surface area (Å²) in [6, 6.07) is 5.79. The zero-order valence-corrected chi connectivity index (χ0v) is 27.6. The Balaban J connectivity index is 0.00000231. The van der Waals surface area contributed by atoms with Crippen LogP contribution >= 0.6 is 23.5 Å². The smallest absolute Gasteiger partial charge is 0.547 e. The zero-order valence-electron chi connectivity index (χ0n) is 22.0. The van der Waals surface area contributed by atoms with Gasteiger partial charge in [0, 0.05) is 18.6 Å². The van der Waals surface area contributed by atoms with Crippen LogP contribution in [0.1, 0.15) is 11.6 Å². The molecule has 3 aliphatic rings. The molecule has 0 bridgehead atoms. The Morgan fingerprint density at radius 1 is 1.17 bits per heavy atom. The van der Waals surface area contributed by atoms with Gasteiger partial charge in [-0.15, -0.1) is 16.9 Å². The largest absolute Gasteiger partial charge is 1.00 e. The van der Waals surface area contributed by atoms with E-state index in [9.17, 15) is 34.2 Å². The molecule has 1 aromatic heterocycles. The number of benzene rings is 1. The molecule has 204 valence electrons. The molecular weight excluding hydrogens is 600 g/mol. The maximum Gasteiger partial charge on any atom is 1.00 e. The second-order valence-corrected chi connectivity index (χ2v) is 10.7. The monoisotopic (exact) mass is 619 g/mol. The SMILES string of the molecule is Cn1nnnc1SCC1=C(C(=O)[O-])N2C(=O)[C@@H](NC(=O)C(NC(=O)C3OC3C(=O)[O-])c3ccccc3)[C@H]2SC1.[Na+].[Na+]. The zero-order chi connectivity index (χ0) is 27.8. The first kappa shape index (κ1) is 33.5. The molecule has 3 unspecified atom stereocenters. The van der Waals surface area contributed by atoms with Crippen molar-refractivity contribution >= 4 is 53.2 Å². The third-order valence-corrected chi connectivity index (χ3v) is 8.60. The Labute approximate surface area is 285 Å². The molecule has 0 saturated carbocycles. The molecule has 19 heteroatoms. The Hall–Kier alpha value is -1.96. The number of aliphatic carboxylic acids is 2. The molecule has 1 aromatic carbocycles. The predicted molar refractivity (Wildman–Crippen MR) is 128 cm³/mol. The van der Waals surface area contributed by atoms with Crippen LogP contribution in [-0.4, -0.2) is 89.9 Å². The minimum atomic E-state index is -1.55. The maximum absolute atomic E-state index is 13.3. The fourth-order valence-corrected chi connectivity index (χ4v) is 6.51. The number of carboxylic acids is 2. The van der Waals surface area contributed by atoms with Gasteiger partial charge in [0.2, 0.25) is 11.1 Å². The number of β-lactam (4-membered cyclic amide) rings is 1. The summed E-state index contributed by atoms with van der Waals surface area (Å²) in [5, 5.41) is 38.8. The van der Waals surface area contributed by atoms with Gasteiger partial charge < -0.3 is 35.2 Å². The van der Waals surface area contributed by atoms with Crippen LogP contribution < -0.4 is 80.0 Å². The molecule has 0 radical (unpaired) electrons. The third kappa shape index (κ3) is 7.00. The molecule has 41 heavy (non-hydrogen) atoms. The number of fused-ring (bicyclic) bond motifs is 1. The van der Waals surface area contributed by atoms with Crippen molar-refractivity contribution in [2.75, 3.05) is 11.5 Å². The number of tetrazole rings is 1. The summed E-state index contributed by atoms with van der Waals surface area (Å²) in [6.45, 7) is 0. The average molecular weight is 620 g/mol. The van der Waals surface area contributed by atoms with Gasteiger partial charge in [-0.1, -0.05) is 42.1 Å². The number of carboxylic acid groups (broad SMARTS) is 2. The fourth-order valence-electron chi connectivity index (χ4n) is 4.18. The summed E-state index contributed by atoms with van der Waals surface area (Å²) in [6.07, 6.45) is -2.70. The molecule has 2 N–H and O–H groups in total. The van der Waals surface area contributed by atoms with Gasteiger partial charge in [0.15, 0.2) is 6.10 Å². The van der Waals surface area contributed by atoms with E-state index in [0.717, 1.165) is 4.90 Å². The van der Waals surface area contributed by atoms with Crippen LogP contribution in [0.15, 0.2) is 46.8 Å². The molecule has 4 heterocycles. The van der Waals surface area contributed by atoms with Crippen molar-refractivity contribution in [3.63, 3.8) is 0 Å². The average Bonchev–Trinajstić information content (AvgIpc) is 3.64. The molecule has 2 fully saturated rings. The van der Waals surface area contributed by atoms with Crippen LogP contribution in [0, 0.1) is 0 Å². The predicted octanol–water partition coefficient (Wildman–Crippen LogP) is -9.91. The van der Waals surface area contributed by atoms with E-state index in [1.807, 2.05) is 0 Å². The number of rotatable bonds is 10. The number of hydrogen-bond donors (Lipinski definition) is 2. The van der Waals surface area contributed by atoms with Crippen molar-refractivity contribution in [2.24, 2.45) is 7.05 Å². The number of nitrogens with zero attached hydrogens (tertiary/aromatic N) is 5. The van der Waals surface area contributed by atoms with Gasteiger partial charge in [0.1, 0.15) is 23.6 Å². The summed E-state index contributed by atoms with van der Waals surface area (Å²) in [5.74, 6) is -4.83. The van der Waals surface area contributed by atoms with E-state index in [1.165, 1.54) is 28.2 Å². The van der Waals surface area contributed by atoms with Gasteiger partial charge in [-0.2, -0.15) is 0 Å². The van der Waals surface area contributed by atoms with E-state index in [2.05, 4.69) is 26.2 Å². The van der Waals surface area contributed by atoms with Crippen LogP contribution in [0.2, 0.25) is 0 Å². The topological polar surface area (TPSA) is 215 Å². The molecular formula is C22H19N7Na2O8S2. The number of hydrogen-bond acceptors (Lipinski definition) is 13. The van der Waals surface area contributed by atoms with Crippen LogP contribution in [0.3, 0.4) is 0 Å². The van der Waals surface area contributed by atoms with E-state index in [4.69, 9.17) is 4.74 Å². The number of aryl methyl sites for hydroxylation is 1. The first-order valence-corrected chi connectivity index (χ1v) is 13.5. The first-order chi connectivity index (χ1) is 18.7. The number of carbonyl (C=O) groups excluding carboxylic acids is 5. The molecule has 3 amide bonds. The van der Waals surface area contributed by atoms with Crippen molar-refractivity contribution in [1.29, 1.82) is 0 Å². The molecule has 5 rings (SSSR count). The van der Waals surface area contributed by atoms with Gasteiger partial charge >= 0.3 is 59.1 Å². The van der Waals surface area contributed by atoms with Crippen LogP contribution in [0.25, 0.3) is 0 Å². The van der Waals surface area contributed by atoms with Gasteiger partial charge in [-0.3, -0.25) is 19.3 Å². The second-order valence-electron chi connectivity index (χ2n) is 8.66. The molecule has 5 atom stereocenters. The van der Waals surface area contributed by atoms with E-state index in [0.29, 0.717) is 16.3 Å². The van der Waals surface area contributed by atoms with Gasteiger partial charge in [-0.25, -0.2) is 4.68 Å². The third-order valence-electron chi connectivity index (χ3n) is 6.16. The van der Waals surface area contributed by atoms with Crippen molar-refractivity contribution in [2.45, 2.75) is 34.8 Å². The fraction of sp³-hybridized carbons (Fsp3) is 0.364. The molecule has 0 aliphatic carbocycles. The number of amides is 3. The molecule has 3 aliphatic heterocycles. The Kier molecular flexibility index (Phi) is 11.5. The van der Waals surface area contributed by atoms with Gasteiger partial charge in [0.25, 0.3) is 11.8 Å². The van der Waals surface area contributed by atoms with E-state index in [-0.39, 0.29) is 76.3 Å². The van der Waals surface area contributed by atoms with E-state index < -0.39 is 59.3 Å². The summed E-state index contributed by atoms with van der Waals surface area (Å²) < 4.78 is 6.23. The van der Waals surface area contributed by atoms with Crippen LogP contribution in [-0.2, 0) is 35.8 Å². The van der Waals surface area contributed by atoms with Crippen molar-refractivity contribution < 1.29 is 98.0 Å². The van der Waals surface area contributed by atoms with Crippen molar-refractivity contribution in [1.82, 2.24) is 35.7 Å². The first-order valence-electron chi connectivity index (χ1n) is 11.4. The van der Waals surface area contributed by atoms with Crippen LogP contribution in [0.5, 0.6) is 0 Å². The number of thioether (sulfide) groups is 2. The Morgan fingerprint density at radius 2 is 1.88 bits per heavy atom. The summed E-state index contributed by atoms with van der Waals surface area (Å²) in [4.78, 5) is 62.8. The number of ether oxygens (including phenoxy) is 1. The second kappa shape index (κ2) is 14.0. The molecule has 2 aromatic rings. The van der Waals surface area contributed by atoms with Gasteiger partial charge in [0.05, 0.1) is 17.6 Å². The van der Waals surface area contributed by atoms with Crippen molar-refractivity contribution in [3.8, 4) is 0 Å². The van der Waals surface area contributed by atoms with Crippen LogP contribution in [0.4, 0.5) is 0 Å². The maximum atomic E-state index is 13.3. The molecule has 15 nitrogen and oxygen atoms in total. The summed E-state index contributed by atoms with van der Waals surface area (Å²) in [5.41, 5.74) is 0.564. The number of aromatic nitrogens is 4. The number of carbonyl (C=O) groups is 5. The standard InChI is InChI=1S/C22H21N7O8S2.2Na/c1-28-22(25-26-27-28)39-8-10-7-38-19-12(18(32)29(19)13(10)20(33)34)24-16(30)11(9-5-3-2-4-6-9)23-17(31)14-15(37-14)21(35)36;;/h2-6,11-12,14-15,19H,7-8H2,1H3,(H,23,31)(H,24,30)(H,33,34)(H,35,36);;/q;2*+1/p-2/t11?,12-,14?,15?,19-;;/m1../s1.